The van der Waals surface area contributed by atoms with E-state index >= 15 is 0 Å². The van der Waals surface area contributed by atoms with Crippen LogP contribution in [0.2, 0.25) is 0 Å². The Kier molecular flexibility index (Phi) is 4.13. The van der Waals surface area contributed by atoms with Crippen LogP contribution in [0.3, 0.4) is 0 Å². The van der Waals surface area contributed by atoms with E-state index in [9.17, 15) is 18.9 Å². The van der Waals surface area contributed by atoms with Crippen molar-refractivity contribution in [2.45, 2.75) is 13.0 Å². The van der Waals surface area contributed by atoms with Gasteiger partial charge in [0.2, 0.25) is 5.82 Å². The molecule has 0 saturated carbocycles. The molecule has 0 aliphatic heterocycles. The first-order valence-electron chi connectivity index (χ1n) is 6.05. The zero-order valence-corrected chi connectivity index (χ0v) is 11.0. The Hall–Kier alpha value is -2.54. The average Bonchev–Trinajstić information content (AvgIpc) is 2.40. The minimum atomic E-state index is -1.01. The fourth-order valence-electron chi connectivity index (χ4n) is 1.79. The van der Waals surface area contributed by atoms with E-state index in [1.807, 2.05) is 0 Å². The van der Waals surface area contributed by atoms with Crippen LogP contribution in [-0.2, 0) is 0 Å². The lowest BCUT2D eigenvalue weighted by atomic mass is 10.1. The third-order valence-corrected chi connectivity index (χ3v) is 2.81. The summed E-state index contributed by atoms with van der Waals surface area (Å²) in [5, 5.41) is 10.5. The van der Waals surface area contributed by atoms with Gasteiger partial charge in [-0.1, -0.05) is 0 Å². The van der Waals surface area contributed by atoms with Gasteiger partial charge in [-0.25, -0.2) is 4.39 Å². The third kappa shape index (κ3) is 3.32. The van der Waals surface area contributed by atoms with Crippen molar-refractivity contribution >= 4 is 5.69 Å². The van der Waals surface area contributed by atoms with Crippen LogP contribution in [0.1, 0.15) is 18.5 Å². The number of nitrogens with two attached hydrogens (primary N) is 1. The molecule has 0 bridgehead atoms. The second-order valence-corrected chi connectivity index (χ2v) is 4.44. The van der Waals surface area contributed by atoms with E-state index in [0.717, 1.165) is 12.1 Å². The van der Waals surface area contributed by atoms with Gasteiger partial charge in [-0.2, -0.15) is 4.39 Å². The third-order valence-electron chi connectivity index (χ3n) is 2.81. The van der Waals surface area contributed by atoms with Crippen molar-refractivity contribution in [2.75, 3.05) is 0 Å². The van der Waals surface area contributed by atoms with Crippen molar-refractivity contribution in [2.24, 2.45) is 5.73 Å². The lowest BCUT2D eigenvalue weighted by molar-refractivity contribution is -0.387. The second kappa shape index (κ2) is 5.84. The summed E-state index contributed by atoms with van der Waals surface area (Å²) in [6.07, 6.45) is 0. The van der Waals surface area contributed by atoms with Crippen LogP contribution >= 0.6 is 0 Å². The predicted molar refractivity (Wildman–Crippen MR) is 72.1 cm³/mol. The zero-order chi connectivity index (χ0) is 15.6. The number of ether oxygens (including phenoxy) is 1. The molecular weight excluding hydrogens is 282 g/mol. The maximum absolute atomic E-state index is 13.5. The first-order chi connectivity index (χ1) is 9.88. The smallest absolute Gasteiger partial charge is 0.305 e. The van der Waals surface area contributed by atoms with Crippen LogP contribution in [0, 0.1) is 21.7 Å². The highest BCUT2D eigenvalue weighted by molar-refractivity contribution is 5.43. The van der Waals surface area contributed by atoms with E-state index in [0.29, 0.717) is 5.56 Å². The molecule has 2 aromatic rings. The molecule has 0 saturated heterocycles. The number of nitro groups is 1. The van der Waals surface area contributed by atoms with E-state index in [-0.39, 0.29) is 11.5 Å². The van der Waals surface area contributed by atoms with Crippen molar-refractivity contribution < 1.29 is 18.4 Å². The highest BCUT2D eigenvalue weighted by Gasteiger charge is 2.16. The van der Waals surface area contributed by atoms with Crippen LogP contribution in [0.15, 0.2) is 36.4 Å². The minimum Gasteiger partial charge on any atom is -0.457 e. The van der Waals surface area contributed by atoms with E-state index in [4.69, 9.17) is 10.5 Å². The van der Waals surface area contributed by atoms with Crippen LogP contribution in [0.25, 0.3) is 0 Å². The normalized spacial score (nSPS) is 12.0. The van der Waals surface area contributed by atoms with Gasteiger partial charge in [0, 0.05) is 23.7 Å². The minimum absolute atomic E-state index is 0.0617. The van der Waals surface area contributed by atoms with Gasteiger partial charge in [0.25, 0.3) is 0 Å². The maximum Gasteiger partial charge on any atom is 0.305 e. The molecule has 0 spiro atoms. The number of rotatable bonds is 4. The van der Waals surface area contributed by atoms with Gasteiger partial charge in [-0.15, -0.1) is 0 Å². The van der Waals surface area contributed by atoms with E-state index in [2.05, 4.69) is 0 Å². The first-order valence-corrected chi connectivity index (χ1v) is 6.05. The number of hydrogen-bond donors (Lipinski definition) is 1. The number of halogens is 2. The summed E-state index contributed by atoms with van der Waals surface area (Å²) in [6.45, 7) is 1.65. The second-order valence-electron chi connectivity index (χ2n) is 4.44. The number of nitro benzene ring substituents is 1. The molecule has 0 fully saturated rings. The van der Waals surface area contributed by atoms with Crippen LogP contribution in [0.5, 0.6) is 11.5 Å². The molecule has 0 aliphatic carbocycles. The van der Waals surface area contributed by atoms with Crippen LogP contribution in [-0.4, -0.2) is 4.92 Å². The monoisotopic (exact) mass is 294 g/mol. The fraction of sp³-hybridized carbons (Fsp3) is 0.143. The SMILES string of the molecule is CC(N)c1cc(F)ccc1Oc1ccc([N+](=O)[O-])c(F)c1. The van der Waals surface area contributed by atoms with Gasteiger partial charge in [0.15, 0.2) is 0 Å². The van der Waals surface area contributed by atoms with Gasteiger partial charge < -0.3 is 10.5 Å². The fourth-order valence-corrected chi connectivity index (χ4v) is 1.79. The standard InChI is InChI=1S/C14H12F2N2O3/c1-8(17)11-6-9(15)2-5-14(11)21-10-3-4-13(18(19)20)12(16)7-10/h2-8H,17H2,1H3. The van der Waals surface area contributed by atoms with Crippen molar-refractivity contribution in [3.63, 3.8) is 0 Å². The van der Waals surface area contributed by atoms with E-state index in [1.165, 1.54) is 24.3 Å². The summed E-state index contributed by atoms with van der Waals surface area (Å²) >= 11 is 0. The lowest BCUT2D eigenvalue weighted by Crippen LogP contribution is -2.07. The van der Waals surface area contributed by atoms with Crippen molar-refractivity contribution in [3.05, 3.63) is 63.7 Å². The molecule has 21 heavy (non-hydrogen) atoms. The van der Waals surface area contributed by atoms with Crippen molar-refractivity contribution in [1.29, 1.82) is 0 Å². The first kappa shape index (κ1) is 14.9. The summed E-state index contributed by atoms with van der Waals surface area (Å²) in [6, 6.07) is 6.44. The molecule has 0 radical (unpaired) electrons. The number of nitrogens with zero attached hydrogens (tertiary/aromatic N) is 1. The van der Waals surface area contributed by atoms with Crippen molar-refractivity contribution in [3.8, 4) is 11.5 Å². The molecule has 0 aromatic heterocycles. The Morgan fingerprint density at radius 2 is 1.95 bits per heavy atom. The molecule has 0 heterocycles. The highest BCUT2D eigenvalue weighted by atomic mass is 19.1. The number of hydrogen-bond acceptors (Lipinski definition) is 4. The molecule has 2 N–H and O–H groups in total. The Morgan fingerprint density at radius 1 is 1.24 bits per heavy atom. The highest BCUT2D eigenvalue weighted by Crippen LogP contribution is 2.31. The predicted octanol–water partition coefficient (Wildman–Crippen LogP) is 3.69. The van der Waals surface area contributed by atoms with E-state index < -0.39 is 28.3 Å². The molecule has 1 atom stereocenters. The Balaban J connectivity index is 2.34. The van der Waals surface area contributed by atoms with Gasteiger partial charge in [-0.05, 0) is 31.2 Å². The number of benzene rings is 2. The molecule has 2 rings (SSSR count). The Morgan fingerprint density at radius 3 is 2.52 bits per heavy atom. The average molecular weight is 294 g/mol. The summed E-state index contributed by atoms with van der Waals surface area (Å²) in [7, 11) is 0. The van der Waals surface area contributed by atoms with Crippen LogP contribution in [0.4, 0.5) is 14.5 Å². The summed E-state index contributed by atoms with van der Waals surface area (Å²) < 4.78 is 32.2. The van der Waals surface area contributed by atoms with Crippen molar-refractivity contribution in [1.82, 2.24) is 0 Å². The van der Waals surface area contributed by atoms with Gasteiger partial charge in [0.05, 0.1) is 4.92 Å². The molecule has 0 amide bonds. The van der Waals surface area contributed by atoms with E-state index in [1.54, 1.807) is 6.92 Å². The summed E-state index contributed by atoms with van der Waals surface area (Å²) in [4.78, 5) is 9.71. The lowest BCUT2D eigenvalue weighted by Gasteiger charge is -2.13. The largest absolute Gasteiger partial charge is 0.457 e. The quantitative estimate of drug-likeness (QED) is 0.689. The molecule has 1 unspecified atom stereocenters. The molecule has 110 valence electrons. The molecular formula is C14H12F2N2O3. The van der Waals surface area contributed by atoms with Gasteiger partial charge in [-0.3, -0.25) is 10.1 Å². The molecule has 7 heteroatoms. The molecule has 0 aliphatic rings. The summed E-state index contributed by atoms with van der Waals surface area (Å²) in [5.74, 6) is -1.15. The van der Waals surface area contributed by atoms with Gasteiger partial charge >= 0.3 is 5.69 Å². The maximum atomic E-state index is 13.5. The van der Waals surface area contributed by atoms with Crippen LogP contribution < -0.4 is 10.5 Å². The summed E-state index contributed by atoms with van der Waals surface area (Å²) in [5.41, 5.74) is 5.49. The Labute approximate surface area is 119 Å². The van der Waals surface area contributed by atoms with Gasteiger partial charge in [0.1, 0.15) is 17.3 Å². The molecule has 5 nitrogen and oxygen atoms in total. The zero-order valence-electron chi connectivity index (χ0n) is 11.0. The molecule has 2 aromatic carbocycles. The topological polar surface area (TPSA) is 78.4 Å². The Bertz CT molecular complexity index is 690.